The Bertz CT molecular complexity index is 633. The van der Waals surface area contributed by atoms with Crippen molar-refractivity contribution in [2.45, 2.75) is 13.0 Å². The second-order valence-electron chi connectivity index (χ2n) is 4.32. The monoisotopic (exact) mass is 260 g/mol. The molecule has 6 nitrogen and oxygen atoms in total. The molecular formula is C13H16N4O2. The van der Waals surface area contributed by atoms with E-state index in [-0.39, 0.29) is 11.8 Å². The highest BCUT2D eigenvalue weighted by Crippen LogP contribution is 2.20. The molecule has 0 saturated heterocycles. The number of fused-ring (bicyclic) bond motifs is 1. The van der Waals surface area contributed by atoms with Gasteiger partial charge in [0.15, 0.2) is 0 Å². The number of anilines is 1. The maximum Gasteiger partial charge on any atom is 0.254 e. The molecule has 1 heterocycles. The number of hydrogen-bond donors (Lipinski definition) is 4. The molecule has 1 aromatic heterocycles. The molecule has 0 radical (unpaired) electrons. The van der Waals surface area contributed by atoms with E-state index in [1.807, 2.05) is 6.07 Å². The van der Waals surface area contributed by atoms with Crippen LogP contribution in [-0.2, 0) is 4.79 Å². The van der Waals surface area contributed by atoms with E-state index in [1.165, 1.54) is 7.05 Å². The fraction of sp³-hybridized carbons (Fsp3) is 0.231. The summed E-state index contributed by atoms with van der Waals surface area (Å²) < 4.78 is 0. The van der Waals surface area contributed by atoms with E-state index in [0.717, 1.165) is 10.9 Å². The number of amides is 2. The van der Waals surface area contributed by atoms with Crippen LogP contribution in [-0.4, -0.2) is 29.9 Å². The summed E-state index contributed by atoms with van der Waals surface area (Å²) in [5.74, 6) is -0.555. The van der Waals surface area contributed by atoms with Gasteiger partial charge in [-0.3, -0.25) is 9.59 Å². The number of H-pyrrole nitrogens is 1. The van der Waals surface area contributed by atoms with Crippen LogP contribution in [0.15, 0.2) is 24.4 Å². The lowest BCUT2D eigenvalue weighted by molar-refractivity contribution is -0.122. The zero-order valence-electron chi connectivity index (χ0n) is 10.8. The Morgan fingerprint density at radius 2 is 2.11 bits per heavy atom. The first-order chi connectivity index (χ1) is 9.02. The summed E-state index contributed by atoms with van der Waals surface area (Å²) in [7, 11) is 1.53. The molecule has 1 atom stereocenters. The third kappa shape index (κ3) is 2.52. The molecule has 1 unspecified atom stereocenters. The van der Waals surface area contributed by atoms with Crippen molar-refractivity contribution >= 4 is 28.4 Å². The van der Waals surface area contributed by atoms with Crippen molar-refractivity contribution in [3.8, 4) is 0 Å². The molecular weight excluding hydrogens is 244 g/mol. The van der Waals surface area contributed by atoms with E-state index >= 15 is 0 Å². The molecule has 2 amide bonds. The van der Waals surface area contributed by atoms with Crippen LogP contribution in [0.2, 0.25) is 0 Å². The maximum absolute atomic E-state index is 12.1. The minimum absolute atomic E-state index is 0.243. The number of nitrogens with one attached hydrogen (secondary N) is 3. The van der Waals surface area contributed by atoms with Crippen LogP contribution in [0.4, 0.5) is 5.69 Å². The first-order valence-electron chi connectivity index (χ1n) is 5.92. The molecule has 0 aliphatic carbocycles. The number of benzene rings is 1. The predicted octanol–water partition coefficient (Wildman–Crippen LogP) is 0.614. The number of carbonyl (C=O) groups is 2. The number of aromatic amines is 1. The zero-order valence-corrected chi connectivity index (χ0v) is 10.8. The highest BCUT2D eigenvalue weighted by atomic mass is 16.2. The van der Waals surface area contributed by atoms with Crippen LogP contribution < -0.4 is 16.4 Å². The molecule has 2 rings (SSSR count). The largest absolute Gasteiger partial charge is 0.399 e. The number of carbonyl (C=O) groups excluding carboxylic acids is 2. The molecule has 6 heteroatoms. The minimum Gasteiger partial charge on any atom is -0.399 e. The van der Waals surface area contributed by atoms with Crippen LogP contribution in [0.1, 0.15) is 17.3 Å². The summed E-state index contributed by atoms with van der Waals surface area (Å²) in [6.45, 7) is 1.62. The van der Waals surface area contributed by atoms with E-state index in [4.69, 9.17) is 5.73 Å². The molecule has 0 fully saturated rings. The van der Waals surface area contributed by atoms with Gasteiger partial charge in [-0.25, -0.2) is 0 Å². The molecule has 100 valence electrons. The van der Waals surface area contributed by atoms with Gasteiger partial charge >= 0.3 is 0 Å². The number of likely N-dealkylation sites (N-methyl/N-ethyl adjacent to an activating group) is 1. The average molecular weight is 260 g/mol. The Labute approximate surface area is 110 Å². The first kappa shape index (κ1) is 12.9. The van der Waals surface area contributed by atoms with E-state index in [0.29, 0.717) is 11.3 Å². The number of rotatable bonds is 3. The summed E-state index contributed by atoms with van der Waals surface area (Å²) in [5, 5.41) is 5.85. The molecule has 0 bridgehead atoms. The van der Waals surface area contributed by atoms with Gasteiger partial charge in [0.2, 0.25) is 5.91 Å². The Morgan fingerprint density at radius 1 is 1.37 bits per heavy atom. The van der Waals surface area contributed by atoms with Crippen LogP contribution in [0.5, 0.6) is 0 Å². The Hall–Kier alpha value is -2.50. The standard InChI is InChI=1S/C13H16N4O2/c1-7(12(18)15-2)17-13(19)10-6-16-11-4-3-8(14)5-9(10)11/h3-7,16H,14H2,1-2H3,(H,15,18)(H,17,19). The first-order valence-corrected chi connectivity index (χ1v) is 5.92. The number of nitrogen functional groups attached to an aromatic ring is 1. The second-order valence-corrected chi connectivity index (χ2v) is 4.32. The summed E-state index contributed by atoms with van der Waals surface area (Å²) in [4.78, 5) is 26.5. The molecule has 1 aromatic carbocycles. The molecule has 0 spiro atoms. The van der Waals surface area contributed by atoms with Crippen LogP contribution >= 0.6 is 0 Å². The van der Waals surface area contributed by atoms with Gasteiger partial charge in [-0.15, -0.1) is 0 Å². The minimum atomic E-state index is -0.594. The van der Waals surface area contributed by atoms with Crippen LogP contribution in [0, 0.1) is 0 Å². The fourth-order valence-corrected chi connectivity index (χ4v) is 1.88. The van der Waals surface area contributed by atoms with Gasteiger partial charge in [0.25, 0.3) is 5.91 Å². The lowest BCUT2D eigenvalue weighted by atomic mass is 10.1. The number of nitrogens with two attached hydrogens (primary N) is 1. The van der Waals surface area contributed by atoms with Crippen molar-refractivity contribution in [1.29, 1.82) is 0 Å². The summed E-state index contributed by atoms with van der Waals surface area (Å²) in [6, 6.07) is 4.70. The van der Waals surface area contributed by atoms with Gasteiger partial charge in [-0.05, 0) is 25.1 Å². The summed E-state index contributed by atoms with van der Waals surface area (Å²) >= 11 is 0. The third-order valence-electron chi connectivity index (χ3n) is 2.94. The lowest BCUT2D eigenvalue weighted by Crippen LogP contribution is -2.43. The van der Waals surface area contributed by atoms with Gasteiger partial charge in [-0.2, -0.15) is 0 Å². The lowest BCUT2D eigenvalue weighted by Gasteiger charge is -2.11. The predicted molar refractivity (Wildman–Crippen MR) is 73.7 cm³/mol. The van der Waals surface area contributed by atoms with Gasteiger partial charge in [0.05, 0.1) is 5.56 Å². The molecule has 2 aromatic rings. The Kier molecular flexibility index (Phi) is 3.41. The van der Waals surface area contributed by atoms with Crippen molar-refractivity contribution in [2.75, 3.05) is 12.8 Å². The maximum atomic E-state index is 12.1. The summed E-state index contributed by atoms with van der Waals surface area (Å²) in [6.07, 6.45) is 1.61. The fourth-order valence-electron chi connectivity index (χ4n) is 1.88. The van der Waals surface area contributed by atoms with Crippen LogP contribution in [0.25, 0.3) is 10.9 Å². The zero-order chi connectivity index (χ0) is 14.0. The van der Waals surface area contributed by atoms with E-state index < -0.39 is 6.04 Å². The van der Waals surface area contributed by atoms with Gasteiger partial charge in [0, 0.05) is 29.8 Å². The smallest absolute Gasteiger partial charge is 0.254 e. The topological polar surface area (TPSA) is 100 Å². The van der Waals surface area contributed by atoms with Gasteiger partial charge in [0.1, 0.15) is 6.04 Å². The quantitative estimate of drug-likeness (QED) is 0.608. The molecule has 0 saturated carbocycles. The summed E-state index contributed by atoms with van der Waals surface area (Å²) in [5.41, 5.74) is 7.59. The highest BCUT2D eigenvalue weighted by molar-refractivity contribution is 6.08. The van der Waals surface area contributed by atoms with Gasteiger partial charge in [-0.1, -0.05) is 0 Å². The normalized spacial score (nSPS) is 12.1. The third-order valence-corrected chi connectivity index (χ3v) is 2.94. The van der Waals surface area contributed by atoms with Crippen molar-refractivity contribution in [3.05, 3.63) is 30.0 Å². The van der Waals surface area contributed by atoms with E-state index in [2.05, 4.69) is 15.6 Å². The molecule has 0 aliphatic rings. The highest BCUT2D eigenvalue weighted by Gasteiger charge is 2.17. The Morgan fingerprint density at radius 3 is 2.79 bits per heavy atom. The SMILES string of the molecule is CNC(=O)C(C)NC(=O)c1c[nH]c2ccc(N)cc12. The van der Waals surface area contributed by atoms with Crippen molar-refractivity contribution < 1.29 is 9.59 Å². The molecule has 0 aliphatic heterocycles. The number of hydrogen-bond acceptors (Lipinski definition) is 3. The number of aromatic nitrogens is 1. The second kappa shape index (κ2) is 5.01. The van der Waals surface area contributed by atoms with E-state index in [1.54, 1.807) is 25.3 Å². The average Bonchev–Trinajstić information content (AvgIpc) is 2.80. The molecule has 19 heavy (non-hydrogen) atoms. The Balaban J connectivity index is 2.27. The van der Waals surface area contributed by atoms with Crippen molar-refractivity contribution in [1.82, 2.24) is 15.6 Å². The molecule has 5 N–H and O–H groups in total. The van der Waals surface area contributed by atoms with Crippen molar-refractivity contribution in [3.63, 3.8) is 0 Å². The van der Waals surface area contributed by atoms with Crippen molar-refractivity contribution in [2.24, 2.45) is 0 Å². The van der Waals surface area contributed by atoms with E-state index in [9.17, 15) is 9.59 Å². The van der Waals surface area contributed by atoms with Gasteiger partial charge < -0.3 is 21.4 Å². The van der Waals surface area contributed by atoms with Crippen LogP contribution in [0.3, 0.4) is 0 Å².